The molecule has 6 nitrogen and oxygen atoms in total. The lowest BCUT2D eigenvalue weighted by Gasteiger charge is -2.41. The summed E-state index contributed by atoms with van der Waals surface area (Å²) >= 11 is 0. The number of piperazine rings is 1. The molecule has 2 aliphatic rings. The lowest BCUT2D eigenvalue weighted by molar-refractivity contribution is -0.134. The average Bonchev–Trinajstić information content (AvgIpc) is 3.33. The summed E-state index contributed by atoms with van der Waals surface area (Å²) in [6.07, 6.45) is 5.09. The van der Waals surface area contributed by atoms with E-state index in [4.69, 9.17) is 4.74 Å². The van der Waals surface area contributed by atoms with Crippen molar-refractivity contribution in [3.8, 4) is 5.75 Å². The third-order valence-corrected chi connectivity index (χ3v) is 6.59. The van der Waals surface area contributed by atoms with E-state index in [1.165, 1.54) is 18.4 Å². The van der Waals surface area contributed by atoms with Crippen molar-refractivity contribution in [2.24, 2.45) is 0 Å². The second-order valence-electron chi connectivity index (χ2n) is 8.80. The third kappa shape index (κ3) is 5.13. The molecule has 1 heterocycles. The van der Waals surface area contributed by atoms with Gasteiger partial charge in [0.25, 0.3) is 5.91 Å². The number of benzene rings is 2. The fourth-order valence-corrected chi connectivity index (χ4v) is 4.85. The molecule has 4 rings (SSSR count). The summed E-state index contributed by atoms with van der Waals surface area (Å²) in [5, 5.41) is 2.68. The van der Waals surface area contributed by atoms with Crippen LogP contribution >= 0.6 is 0 Å². The van der Waals surface area contributed by atoms with Gasteiger partial charge in [-0.2, -0.15) is 0 Å². The van der Waals surface area contributed by atoms with Gasteiger partial charge < -0.3 is 15.0 Å². The van der Waals surface area contributed by atoms with Crippen LogP contribution in [0.1, 0.15) is 60.1 Å². The van der Waals surface area contributed by atoms with Gasteiger partial charge in [0.1, 0.15) is 5.75 Å². The molecule has 1 saturated carbocycles. The summed E-state index contributed by atoms with van der Waals surface area (Å²) < 4.78 is 6.34. The number of nitrogens with zero attached hydrogens (tertiary/aromatic N) is 2. The van der Waals surface area contributed by atoms with E-state index in [1.54, 1.807) is 20.0 Å². The first-order valence-corrected chi connectivity index (χ1v) is 11.6. The molecule has 1 unspecified atom stereocenters. The quantitative estimate of drug-likeness (QED) is 0.750. The largest absolute Gasteiger partial charge is 0.490 e. The van der Waals surface area contributed by atoms with Crippen LogP contribution in [0.5, 0.6) is 5.75 Å². The zero-order chi connectivity index (χ0) is 22.5. The molecule has 2 aromatic carbocycles. The smallest absolute Gasteiger partial charge is 0.251 e. The van der Waals surface area contributed by atoms with Gasteiger partial charge in [-0.15, -0.1) is 0 Å². The molecule has 2 fully saturated rings. The minimum atomic E-state index is -0.119. The van der Waals surface area contributed by atoms with Gasteiger partial charge in [0.2, 0.25) is 5.91 Å². The lowest BCUT2D eigenvalue weighted by atomic mass is 9.99. The molecule has 2 aromatic rings. The second-order valence-corrected chi connectivity index (χ2v) is 8.80. The molecule has 0 spiro atoms. The van der Waals surface area contributed by atoms with Crippen molar-refractivity contribution in [2.75, 3.05) is 26.7 Å². The maximum absolute atomic E-state index is 12.4. The number of carbonyl (C=O) groups excluding carboxylic acids is 2. The van der Waals surface area contributed by atoms with E-state index in [2.05, 4.69) is 28.4 Å². The monoisotopic (exact) mass is 435 g/mol. The standard InChI is InChI=1S/C26H33N3O3/c1-19(30)29-15-14-28(18-24(29)20-9-7-10-21(16-20)26(31)27-2)17-22-8-3-6-13-25(22)32-23-11-4-5-12-23/h3,6-10,13,16,23-24H,4-5,11-12,14-15,17-18H2,1-2H3,(H,27,31). The zero-order valence-corrected chi connectivity index (χ0v) is 19.0. The Morgan fingerprint density at radius 2 is 1.84 bits per heavy atom. The van der Waals surface area contributed by atoms with Crippen LogP contribution < -0.4 is 10.1 Å². The van der Waals surface area contributed by atoms with Gasteiger partial charge in [-0.25, -0.2) is 0 Å². The predicted octanol–water partition coefficient (Wildman–Crippen LogP) is 3.77. The highest BCUT2D eigenvalue weighted by atomic mass is 16.5. The Morgan fingerprint density at radius 1 is 1.06 bits per heavy atom. The Bertz CT molecular complexity index is 955. The highest BCUT2D eigenvalue weighted by molar-refractivity contribution is 5.94. The molecular weight excluding hydrogens is 402 g/mol. The average molecular weight is 436 g/mol. The zero-order valence-electron chi connectivity index (χ0n) is 19.0. The molecule has 1 saturated heterocycles. The summed E-state index contributed by atoms with van der Waals surface area (Å²) in [4.78, 5) is 28.8. The third-order valence-electron chi connectivity index (χ3n) is 6.59. The van der Waals surface area contributed by atoms with Crippen LogP contribution in [0, 0.1) is 0 Å². The van der Waals surface area contributed by atoms with E-state index < -0.39 is 0 Å². The molecule has 0 aromatic heterocycles. The van der Waals surface area contributed by atoms with Crippen LogP contribution in [0.25, 0.3) is 0 Å². The van der Waals surface area contributed by atoms with Gasteiger partial charge in [-0.3, -0.25) is 14.5 Å². The molecule has 6 heteroatoms. The van der Waals surface area contributed by atoms with Crippen LogP contribution in [0.15, 0.2) is 48.5 Å². The Hall–Kier alpha value is -2.86. The first-order valence-electron chi connectivity index (χ1n) is 11.6. The molecular formula is C26H33N3O3. The molecule has 2 amide bonds. The number of carbonyl (C=O) groups is 2. The van der Waals surface area contributed by atoms with Crippen LogP contribution in [0.4, 0.5) is 0 Å². The van der Waals surface area contributed by atoms with Crippen molar-refractivity contribution < 1.29 is 14.3 Å². The summed E-state index contributed by atoms with van der Waals surface area (Å²) in [5.41, 5.74) is 2.79. The van der Waals surface area contributed by atoms with Gasteiger partial charge >= 0.3 is 0 Å². The molecule has 1 N–H and O–H groups in total. The summed E-state index contributed by atoms with van der Waals surface area (Å²) in [5.74, 6) is 0.920. The van der Waals surface area contributed by atoms with Gasteiger partial charge in [0.05, 0.1) is 12.1 Å². The molecule has 1 aliphatic carbocycles. The van der Waals surface area contributed by atoms with Crippen molar-refractivity contribution in [3.63, 3.8) is 0 Å². The molecule has 1 aliphatic heterocycles. The van der Waals surface area contributed by atoms with Gasteiger partial charge in [0, 0.05) is 51.3 Å². The first-order chi connectivity index (χ1) is 15.5. The number of nitrogens with one attached hydrogen (secondary N) is 1. The number of hydrogen-bond donors (Lipinski definition) is 1. The molecule has 1 atom stereocenters. The SMILES string of the molecule is CNC(=O)c1cccc(C2CN(Cc3ccccc3OC3CCCC3)CCN2C(C)=O)c1. The van der Waals surface area contributed by atoms with Gasteiger partial charge in [0.15, 0.2) is 0 Å². The second kappa shape index (κ2) is 10.2. The maximum Gasteiger partial charge on any atom is 0.251 e. The maximum atomic E-state index is 12.4. The Balaban J connectivity index is 1.53. The number of ether oxygens (including phenoxy) is 1. The van der Waals surface area contributed by atoms with E-state index in [-0.39, 0.29) is 17.9 Å². The van der Waals surface area contributed by atoms with E-state index >= 15 is 0 Å². The minimum Gasteiger partial charge on any atom is -0.490 e. The molecule has 0 bridgehead atoms. The van der Waals surface area contributed by atoms with E-state index in [1.807, 2.05) is 29.2 Å². The highest BCUT2D eigenvalue weighted by Gasteiger charge is 2.31. The summed E-state index contributed by atoms with van der Waals surface area (Å²) in [6, 6.07) is 15.8. The normalized spacial score (nSPS) is 19.7. The van der Waals surface area contributed by atoms with Crippen LogP contribution in [0.3, 0.4) is 0 Å². The number of amides is 2. The van der Waals surface area contributed by atoms with E-state index in [0.29, 0.717) is 24.8 Å². The van der Waals surface area contributed by atoms with Crippen molar-refractivity contribution in [2.45, 2.75) is 51.3 Å². The van der Waals surface area contributed by atoms with Crippen LogP contribution in [-0.2, 0) is 11.3 Å². The van der Waals surface area contributed by atoms with Gasteiger partial charge in [-0.05, 0) is 49.4 Å². The summed E-state index contributed by atoms with van der Waals surface area (Å²) in [7, 11) is 1.63. The number of para-hydroxylation sites is 1. The lowest BCUT2D eigenvalue weighted by Crippen LogP contribution is -2.49. The Kier molecular flexibility index (Phi) is 7.10. The predicted molar refractivity (Wildman–Crippen MR) is 125 cm³/mol. The Labute approximate surface area is 190 Å². The topological polar surface area (TPSA) is 61.9 Å². The highest BCUT2D eigenvalue weighted by Crippen LogP contribution is 2.30. The van der Waals surface area contributed by atoms with Crippen LogP contribution in [-0.4, -0.2) is 54.4 Å². The van der Waals surface area contributed by atoms with Crippen molar-refractivity contribution in [3.05, 3.63) is 65.2 Å². The molecule has 0 radical (unpaired) electrons. The van der Waals surface area contributed by atoms with Crippen molar-refractivity contribution >= 4 is 11.8 Å². The number of rotatable bonds is 6. The molecule has 170 valence electrons. The van der Waals surface area contributed by atoms with E-state index in [9.17, 15) is 9.59 Å². The fourth-order valence-electron chi connectivity index (χ4n) is 4.85. The molecule has 32 heavy (non-hydrogen) atoms. The minimum absolute atomic E-state index is 0.0602. The van der Waals surface area contributed by atoms with Crippen LogP contribution in [0.2, 0.25) is 0 Å². The Morgan fingerprint density at radius 3 is 2.59 bits per heavy atom. The summed E-state index contributed by atoms with van der Waals surface area (Å²) in [6.45, 7) is 4.59. The number of hydrogen-bond acceptors (Lipinski definition) is 4. The van der Waals surface area contributed by atoms with Crippen molar-refractivity contribution in [1.82, 2.24) is 15.1 Å². The fraction of sp³-hybridized carbons (Fsp3) is 0.462. The van der Waals surface area contributed by atoms with Gasteiger partial charge in [-0.1, -0.05) is 30.3 Å². The van der Waals surface area contributed by atoms with E-state index in [0.717, 1.165) is 37.2 Å². The van der Waals surface area contributed by atoms with Crippen molar-refractivity contribution in [1.29, 1.82) is 0 Å². The first kappa shape index (κ1) is 22.3.